The molecule has 0 fully saturated rings. The van der Waals surface area contributed by atoms with Gasteiger partial charge in [0, 0.05) is 30.7 Å². The van der Waals surface area contributed by atoms with Gasteiger partial charge in [-0.2, -0.15) is 11.8 Å². The average molecular weight is 537 g/mol. The molecule has 0 aromatic rings. The van der Waals surface area contributed by atoms with Crippen LogP contribution in [0.5, 0.6) is 0 Å². The van der Waals surface area contributed by atoms with Gasteiger partial charge in [-0.25, -0.2) is 14.6 Å². The summed E-state index contributed by atoms with van der Waals surface area (Å²) in [4.78, 5) is 50.8. The van der Waals surface area contributed by atoms with E-state index in [1.807, 2.05) is 0 Å². The summed E-state index contributed by atoms with van der Waals surface area (Å²) in [5.74, 6) is -2.55. The molecular formula is C27H44N4O5S. The minimum atomic E-state index is -1.16. The highest BCUT2D eigenvalue weighted by Crippen LogP contribution is 2.13. The Morgan fingerprint density at radius 1 is 0.973 bits per heavy atom. The Morgan fingerprint density at radius 2 is 1.59 bits per heavy atom. The molecule has 0 saturated carbocycles. The molecule has 0 aliphatic rings. The highest BCUT2D eigenvalue weighted by molar-refractivity contribution is 7.99. The van der Waals surface area contributed by atoms with E-state index in [1.165, 1.54) is 28.5 Å². The number of carbonyl (C=O) groups excluding carboxylic acids is 3. The number of hydrogen-bond acceptors (Lipinski definition) is 5. The van der Waals surface area contributed by atoms with Gasteiger partial charge in [0.15, 0.2) is 0 Å². The number of carbonyl (C=O) groups is 4. The molecule has 0 radical (unpaired) electrons. The molecule has 1 unspecified atom stereocenters. The van der Waals surface area contributed by atoms with Gasteiger partial charge in [-0.05, 0) is 66.7 Å². The molecular weight excluding hydrogens is 492 g/mol. The monoisotopic (exact) mass is 536 g/mol. The predicted molar refractivity (Wildman–Crippen MR) is 152 cm³/mol. The Labute approximate surface area is 225 Å². The van der Waals surface area contributed by atoms with Crippen LogP contribution in [0, 0.1) is 5.92 Å². The summed E-state index contributed by atoms with van der Waals surface area (Å²) in [6, 6.07) is -1.74. The average Bonchev–Trinajstić information content (AvgIpc) is 2.80. The van der Waals surface area contributed by atoms with E-state index in [-0.39, 0.29) is 18.6 Å². The van der Waals surface area contributed by atoms with E-state index in [9.17, 15) is 24.3 Å². The fourth-order valence-corrected chi connectivity index (χ4v) is 4.11. The summed E-state index contributed by atoms with van der Waals surface area (Å²) < 4.78 is 0. The molecule has 37 heavy (non-hydrogen) atoms. The van der Waals surface area contributed by atoms with Crippen molar-refractivity contribution < 1.29 is 24.3 Å². The molecule has 0 rings (SSSR count). The maximum absolute atomic E-state index is 12.7. The molecule has 208 valence electrons. The van der Waals surface area contributed by atoms with Crippen molar-refractivity contribution in [3.05, 3.63) is 34.9 Å². The second-order valence-corrected chi connectivity index (χ2v) is 10.2. The number of aliphatic carboxylic acids is 1. The molecule has 9 nitrogen and oxygen atoms in total. The zero-order valence-electron chi connectivity index (χ0n) is 22.8. The van der Waals surface area contributed by atoms with E-state index in [2.05, 4.69) is 61.5 Å². The number of thioether (sulfide) groups is 1. The second-order valence-electron chi connectivity index (χ2n) is 9.12. The number of allylic oxidation sites excluding steroid dienone is 5. The van der Waals surface area contributed by atoms with Crippen LogP contribution in [0.2, 0.25) is 0 Å². The zero-order valence-corrected chi connectivity index (χ0v) is 23.7. The van der Waals surface area contributed by atoms with E-state index >= 15 is 0 Å². The van der Waals surface area contributed by atoms with Crippen LogP contribution in [-0.4, -0.2) is 59.2 Å². The highest BCUT2D eigenvalue weighted by Gasteiger charge is 2.25. The van der Waals surface area contributed by atoms with Crippen molar-refractivity contribution in [1.82, 2.24) is 10.6 Å². The summed E-state index contributed by atoms with van der Waals surface area (Å²) >= 11 is 1.40. The van der Waals surface area contributed by atoms with Gasteiger partial charge in [0.05, 0.1) is 5.92 Å². The van der Waals surface area contributed by atoms with Crippen molar-refractivity contribution >= 4 is 41.8 Å². The van der Waals surface area contributed by atoms with Crippen molar-refractivity contribution in [3.8, 4) is 0 Å². The topological polar surface area (TPSA) is 151 Å². The fourth-order valence-electron chi connectivity index (χ4n) is 3.11. The number of carboxylic acid groups (broad SMARTS) is 1. The number of nitrogens with two attached hydrogens (primary N) is 1. The lowest BCUT2D eigenvalue weighted by Crippen LogP contribution is -2.45. The van der Waals surface area contributed by atoms with Crippen molar-refractivity contribution in [3.63, 3.8) is 0 Å². The first-order chi connectivity index (χ1) is 17.5. The SMILES string of the molecule is CCNC(=O)N=CC(CCC(N)=O)C(=O)N[C@@H](CSC/C=C(\C)CC/C=C(\C)CCC=C(C)C)C(=O)O. The van der Waals surface area contributed by atoms with Crippen LogP contribution in [0.25, 0.3) is 0 Å². The Kier molecular flexibility index (Phi) is 18.6. The van der Waals surface area contributed by atoms with Crippen LogP contribution in [0.15, 0.2) is 39.9 Å². The number of urea groups is 1. The number of aliphatic imine (C=N–C) groups is 1. The van der Waals surface area contributed by atoms with Crippen molar-refractivity contribution in [1.29, 1.82) is 0 Å². The normalized spacial score (nSPS) is 13.6. The van der Waals surface area contributed by atoms with Crippen LogP contribution in [0.3, 0.4) is 0 Å². The number of nitrogens with one attached hydrogen (secondary N) is 2. The van der Waals surface area contributed by atoms with Gasteiger partial charge in [0.1, 0.15) is 6.04 Å². The molecule has 2 atom stereocenters. The molecule has 0 bridgehead atoms. The summed E-state index contributed by atoms with van der Waals surface area (Å²) in [5, 5.41) is 14.5. The van der Waals surface area contributed by atoms with Crippen molar-refractivity contribution in [2.24, 2.45) is 16.6 Å². The summed E-state index contributed by atoms with van der Waals surface area (Å²) in [6.07, 6.45) is 11.7. The van der Waals surface area contributed by atoms with E-state index in [4.69, 9.17) is 5.73 Å². The summed E-state index contributed by atoms with van der Waals surface area (Å²) in [6.45, 7) is 10.5. The van der Waals surface area contributed by atoms with Crippen LogP contribution >= 0.6 is 11.8 Å². The molecule has 5 N–H and O–H groups in total. The van der Waals surface area contributed by atoms with Gasteiger partial charge < -0.3 is 21.5 Å². The first kappa shape index (κ1) is 34.1. The molecule has 0 aliphatic heterocycles. The fraction of sp³-hybridized carbons (Fsp3) is 0.593. The van der Waals surface area contributed by atoms with Crippen molar-refractivity contribution in [2.75, 3.05) is 18.1 Å². The predicted octanol–water partition coefficient (Wildman–Crippen LogP) is 4.39. The van der Waals surface area contributed by atoms with Crippen LogP contribution in [0.1, 0.15) is 73.1 Å². The van der Waals surface area contributed by atoms with Gasteiger partial charge in [-0.1, -0.05) is 34.9 Å². The zero-order chi connectivity index (χ0) is 28.2. The summed E-state index contributed by atoms with van der Waals surface area (Å²) in [7, 11) is 0. The van der Waals surface area contributed by atoms with Crippen LogP contribution in [0.4, 0.5) is 4.79 Å². The lowest BCUT2D eigenvalue weighted by molar-refractivity contribution is -0.141. The molecule has 10 heteroatoms. The third-order valence-electron chi connectivity index (χ3n) is 5.31. The van der Waals surface area contributed by atoms with E-state index in [0.717, 1.165) is 31.9 Å². The van der Waals surface area contributed by atoms with Gasteiger partial charge in [-0.3, -0.25) is 9.59 Å². The summed E-state index contributed by atoms with van der Waals surface area (Å²) in [5.41, 5.74) is 9.11. The van der Waals surface area contributed by atoms with E-state index < -0.39 is 35.8 Å². The van der Waals surface area contributed by atoms with Gasteiger partial charge in [0.2, 0.25) is 11.8 Å². The van der Waals surface area contributed by atoms with Crippen molar-refractivity contribution in [2.45, 2.75) is 79.2 Å². The number of nitrogens with zero attached hydrogens (tertiary/aromatic N) is 1. The largest absolute Gasteiger partial charge is 0.480 e. The van der Waals surface area contributed by atoms with Gasteiger partial charge in [0.25, 0.3) is 0 Å². The first-order valence-electron chi connectivity index (χ1n) is 12.6. The molecule has 0 aromatic carbocycles. The van der Waals surface area contributed by atoms with Crippen LogP contribution < -0.4 is 16.4 Å². The maximum Gasteiger partial charge on any atom is 0.340 e. The number of carboxylic acids is 1. The van der Waals surface area contributed by atoms with E-state index in [1.54, 1.807) is 6.92 Å². The minimum Gasteiger partial charge on any atom is -0.480 e. The first-order valence-corrected chi connectivity index (χ1v) is 13.8. The van der Waals surface area contributed by atoms with E-state index in [0.29, 0.717) is 12.3 Å². The number of rotatable bonds is 18. The maximum atomic E-state index is 12.7. The molecule has 0 spiro atoms. The van der Waals surface area contributed by atoms with Crippen LogP contribution in [-0.2, 0) is 14.4 Å². The van der Waals surface area contributed by atoms with Gasteiger partial charge in [-0.15, -0.1) is 0 Å². The number of primary amides is 1. The third kappa shape index (κ3) is 19.0. The Morgan fingerprint density at radius 3 is 2.16 bits per heavy atom. The third-order valence-corrected chi connectivity index (χ3v) is 6.28. The lowest BCUT2D eigenvalue weighted by Gasteiger charge is -2.17. The number of hydrogen-bond donors (Lipinski definition) is 4. The molecule has 4 amide bonds. The van der Waals surface area contributed by atoms with Gasteiger partial charge >= 0.3 is 12.0 Å². The molecule has 0 aliphatic carbocycles. The molecule has 0 heterocycles. The number of amides is 4. The smallest absolute Gasteiger partial charge is 0.340 e. The second kappa shape index (κ2) is 20.2. The highest BCUT2D eigenvalue weighted by atomic mass is 32.2. The Balaban J connectivity index is 4.79. The molecule has 0 saturated heterocycles. The standard InChI is InChI=1S/C27H44N4O5S/c1-6-29-27(36)30-17-22(13-14-24(28)32)25(33)31-23(26(34)35)18-37-16-15-21(5)12-8-11-20(4)10-7-9-19(2)3/h9,11,15,17,22-23H,6-8,10,12-14,16,18H2,1-5H3,(H2,28,32)(H,29,36)(H,31,33)(H,34,35)/b20-11+,21-15+,30-17?/t22?,23-/m0/s1. The minimum absolute atomic E-state index is 0.0222. The quantitative estimate of drug-likeness (QED) is 0.116. The molecule has 0 aromatic heterocycles. The Bertz CT molecular complexity index is 876. The lowest BCUT2D eigenvalue weighted by atomic mass is 10.0. The Hall–Kier alpha value is -2.88.